The third-order valence-corrected chi connectivity index (χ3v) is 4.97. The van der Waals surface area contributed by atoms with Crippen LogP contribution in [0.25, 0.3) is 10.9 Å². The first-order valence-electron chi connectivity index (χ1n) is 8.93. The minimum Gasteiger partial charge on any atom is -0.481 e. The molecule has 0 saturated heterocycles. The van der Waals surface area contributed by atoms with Crippen molar-refractivity contribution in [1.29, 1.82) is 0 Å². The highest BCUT2D eigenvalue weighted by molar-refractivity contribution is 7.85. The van der Waals surface area contributed by atoms with Gasteiger partial charge in [0.1, 0.15) is 11.5 Å². The van der Waals surface area contributed by atoms with Crippen LogP contribution in [-0.2, 0) is 14.9 Å². The van der Waals surface area contributed by atoms with Crippen molar-refractivity contribution in [2.45, 2.75) is 13.0 Å². The fourth-order valence-electron chi connectivity index (χ4n) is 2.54. The molecule has 1 heterocycles. The van der Waals surface area contributed by atoms with Crippen LogP contribution < -0.4 is 14.8 Å². The number of pyridine rings is 1. The fourth-order valence-corrected chi connectivity index (χ4v) is 3.07. The van der Waals surface area contributed by atoms with Gasteiger partial charge in [-0.2, -0.15) is 8.42 Å². The zero-order valence-corrected chi connectivity index (χ0v) is 17.5. The van der Waals surface area contributed by atoms with Crippen molar-refractivity contribution < 1.29 is 27.2 Å². The number of nitrogens with one attached hydrogen (secondary N) is 1. The lowest BCUT2D eigenvalue weighted by Gasteiger charge is -2.15. The van der Waals surface area contributed by atoms with Gasteiger partial charge in [-0.3, -0.25) is 9.35 Å². The Morgan fingerprint density at radius 3 is 2.50 bits per heavy atom. The van der Waals surface area contributed by atoms with E-state index in [0.717, 1.165) is 5.39 Å². The molecule has 0 fully saturated rings. The maximum Gasteiger partial charge on any atom is 0.266 e. The van der Waals surface area contributed by atoms with Gasteiger partial charge < -0.3 is 14.8 Å². The molecule has 0 radical (unpaired) electrons. The van der Waals surface area contributed by atoms with E-state index in [-0.39, 0.29) is 6.54 Å². The summed E-state index contributed by atoms with van der Waals surface area (Å²) in [6.07, 6.45) is -0.856. The lowest BCUT2D eigenvalue weighted by molar-refractivity contribution is -0.127. The maximum absolute atomic E-state index is 11.9. The smallest absolute Gasteiger partial charge is 0.266 e. The Labute approximate surface area is 178 Å². The topological polar surface area (TPSA) is 115 Å². The summed E-state index contributed by atoms with van der Waals surface area (Å²) in [4.78, 5) is 16.3. The molecular weight excluding hydrogens is 432 g/mol. The highest BCUT2D eigenvalue weighted by Crippen LogP contribution is 2.26. The molecule has 2 aromatic carbocycles. The van der Waals surface area contributed by atoms with Crippen molar-refractivity contribution in [2.24, 2.45) is 0 Å². The molecule has 30 heavy (non-hydrogen) atoms. The summed E-state index contributed by atoms with van der Waals surface area (Å²) in [6.45, 7) is 1.32. The summed E-state index contributed by atoms with van der Waals surface area (Å²) in [5.41, 5.74) is 0.716. The second-order valence-corrected chi connectivity index (χ2v) is 8.41. The minimum absolute atomic E-state index is 0.206. The first-order chi connectivity index (χ1) is 14.2. The van der Waals surface area contributed by atoms with Gasteiger partial charge in [-0.05, 0) is 49.4 Å². The van der Waals surface area contributed by atoms with Gasteiger partial charge in [0.05, 0.1) is 11.3 Å². The van der Waals surface area contributed by atoms with E-state index in [2.05, 4.69) is 10.3 Å². The highest BCUT2D eigenvalue weighted by atomic mass is 35.5. The molecule has 1 unspecified atom stereocenters. The lowest BCUT2D eigenvalue weighted by Crippen LogP contribution is -2.38. The van der Waals surface area contributed by atoms with Crippen LogP contribution in [0.1, 0.15) is 6.92 Å². The van der Waals surface area contributed by atoms with Crippen molar-refractivity contribution in [1.82, 2.24) is 10.3 Å². The molecule has 10 heteroatoms. The molecule has 8 nitrogen and oxygen atoms in total. The number of nitrogens with zero attached hydrogens (tertiary/aromatic N) is 1. The fraction of sp³-hybridized carbons (Fsp3) is 0.200. The molecule has 0 saturated carbocycles. The van der Waals surface area contributed by atoms with Gasteiger partial charge in [-0.1, -0.05) is 17.7 Å². The second-order valence-electron chi connectivity index (χ2n) is 6.40. The number of hydrogen-bond acceptors (Lipinski definition) is 6. The Balaban J connectivity index is 1.57. The van der Waals surface area contributed by atoms with Crippen LogP contribution in [0.2, 0.25) is 5.02 Å². The molecule has 0 aliphatic heterocycles. The Hall–Kier alpha value is -2.88. The standard InChI is InChI=1S/C20H19ClN2O6S/c1-13(20(24)22-10-11-30(25,26)27)28-16-5-7-17(8-6-16)29-19-9-3-14-2-4-15(21)12-18(14)23-19/h2-9,12-13H,10-11H2,1H3,(H,22,24)(H,25,26,27). The zero-order chi connectivity index (χ0) is 21.7. The number of hydrogen-bond donors (Lipinski definition) is 2. The molecule has 1 aromatic heterocycles. The van der Waals surface area contributed by atoms with E-state index in [9.17, 15) is 13.2 Å². The maximum atomic E-state index is 11.9. The Kier molecular flexibility index (Phi) is 6.76. The third-order valence-electron chi connectivity index (χ3n) is 4.02. The zero-order valence-electron chi connectivity index (χ0n) is 15.9. The number of halogens is 1. The van der Waals surface area contributed by atoms with Crippen molar-refractivity contribution in [3.63, 3.8) is 0 Å². The number of benzene rings is 2. The van der Waals surface area contributed by atoms with E-state index in [1.54, 1.807) is 42.5 Å². The molecule has 0 spiro atoms. The first-order valence-corrected chi connectivity index (χ1v) is 10.9. The quantitative estimate of drug-likeness (QED) is 0.505. The van der Waals surface area contributed by atoms with Crippen molar-refractivity contribution in [2.75, 3.05) is 12.3 Å². The van der Waals surface area contributed by atoms with Crippen molar-refractivity contribution in [3.8, 4) is 17.4 Å². The number of rotatable bonds is 8. The van der Waals surface area contributed by atoms with Crippen LogP contribution >= 0.6 is 11.6 Å². The molecular formula is C20H19ClN2O6S. The van der Waals surface area contributed by atoms with E-state index in [4.69, 9.17) is 25.6 Å². The van der Waals surface area contributed by atoms with Crippen molar-refractivity contribution in [3.05, 3.63) is 59.6 Å². The summed E-state index contributed by atoms with van der Waals surface area (Å²) in [5.74, 6) is 0.300. The van der Waals surface area contributed by atoms with E-state index in [0.29, 0.717) is 27.9 Å². The van der Waals surface area contributed by atoms with Gasteiger partial charge in [-0.25, -0.2) is 4.98 Å². The molecule has 1 amide bonds. The Bertz CT molecular complexity index is 1150. The molecule has 0 aliphatic rings. The summed E-state index contributed by atoms with van der Waals surface area (Å²) in [7, 11) is -4.13. The molecule has 3 rings (SSSR count). The Morgan fingerprint density at radius 2 is 1.80 bits per heavy atom. The summed E-state index contributed by atoms with van der Waals surface area (Å²) in [5, 5.41) is 3.91. The van der Waals surface area contributed by atoms with Gasteiger partial charge in [-0.15, -0.1) is 0 Å². The van der Waals surface area contributed by atoms with Crippen LogP contribution in [0.4, 0.5) is 0 Å². The normalized spacial score (nSPS) is 12.4. The van der Waals surface area contributed by atoms with Gasteiger partial charge in [0, 0.05) is 23.0 Å². The predicted octanol–water partition coefficient (Wildman–Crippen LogP) is 3.45. The number of aromatic nitrogens is 1. The molecule has 2 N–H and O–H groups in total. The highest BCUT2D eigenvalue weighted by Gasteiger charge is 2.15. The first kappa shape index (κ1) is 21.8. The van der Waals surface area contributed by atoms with Gasteiger partial charge >= 0.3 is 0 Å². The van der Waals surface area contributed by atoms with E-state index >= 15 is 0 Å². The van der Waals surface area contributed by atoms with Crippen LogP contribution in [0.3, 0.4) is 0 Å². The monoisotopic (exact) mass is 450 g/mol. The average molecular weight is 451 g/mol. The molecule has 0 bridgehead atoms. The number of fused-ring (bicyclic) bond motifs is 1. The lowest BCUT2D eigenvalue weighted by atomic mass is 10.2. The van der Waals surface area contributed by atoms with E-state index in [1.807, 2.05) is 12.1 Å². The summed E-state index contributed by atoms with van der Waals surface area (Å²) < 4.78 is 41.3. The van der Waals surface area contributed by atoms with Crippen LogP contribution in [0.5, 0.6) is 17.4 Å². The van der Waals surface area contributed by atoms with E-state index < -0.39 is 27.9 Å². The molecule has 1 atom stereocenters. The molecule has 158 valence electrons. The Morgan fingerprint density at radius 1 is 1.13 bits per heavy atom. The van der Waals surface area contributed by atoms with Gasteiger partial charge in [0.2, 0.25) is 5.88 Å². The average Bonchev–Trinajstić information content (AvgIpc) is 2.68. The predicted molar refractivity (Wildman–Crippen MR) is 113 cm³/mol. The number of amides is 1. The number of carbonyl (C=O) groups is 1. The third kappa shape index (κ3) is 6.31. The van der Waals surface area contributed by atoms with Crippen LogP contribution in [0, 0.1) is 0 Å². The number of carbonyl (C=O) groups excluding carboxylic acids is 1. The summed E-state index contributed by atoms with van der Waals surface area (Å²) in [6, 6.07) is 15.7. The van der Waals surface area contributed by atoms with Crippen LogP contribution in [-0.4, -0.2) is 42.3 Å². The summed E-state index contributed by atoms with van der Waals surface area (Å²) >= 11 is 6.00. The van der Waals surface area contributed by atoms with Crippen molar-refractivity contribution >= 4 is 38.5 Å². The van der Waals surface area contributed by atoms with Crippen LogP contribution in [0.15, 0.2) is 54.6 Å². The van der Waals surface area contributed by atoms with E-state index in [1.165, 1.54) is 6.92 Å². The molecule has 3 aromatic rings. The SMILES string of the molecule is CC(Oc1ccc(Oc2ccc3ccc(Cl)cc3n2)cc1)C(=O)NCCS(=O)(=O)O. The minimum atomic E-state index is -4.13. The molecule has 0 aliphatic carbocycles. The number of ether oxygens (including phenoxy) is 2. The second kappa shape index (κ2) is 9.29. The van der Waals surface area contributed by atoms with Gasteiger partial charge in [0.25, 0.3) is 16.0 Å². The largest absolute Gasteiger partial charge is 0.481 e. The van der Waals surface area contributed by atoms with Gasteiger partial charge in [0.15, 0.2) is 6.10 Å².